The fourth-order valence-corrected chi connectivity index (χ4v) is 5.34. The Balaban J connectivity index is 1.43. The van der Waals surface area contributed by atoms with Crippen molar-refractivity contribution >= 4 is 46.3 Å². The summed E-state index contributed by atoms with van der Waals surface area (Å²) in [6, 6.07) is 21.8. The Kier molecular flexibility index (Phi) is 8.17. The van der Waals surface area contributed by atoms with E-state index in [2.05, 4.69) is 0 Å². The summed E-state index contributed by atoms with van der Waals surface area (Å²) in [5.74, 6) is 0. The lowest BCUT2D eigenvalue weighted by molar-refractivity contribution is -0.396. The van der Waals surface area contributed by atoms with Crippen LogP contribution in [0.1, 0.15) is 11.1 Å². The lowest BCUT2D eigenvalue weighted by Gasteiger charge is -2.07. The first kappa shape index (κ1) is 27.2. The van der Waals surface area contributed by atoms with Crippen LogP contribution in [0.15, 0.2) is 105 Å². The number of nitro groups is 4. The molecular weight excluding hydrogens is 548 g/mol. The summed E-state index contributed by atoms with van der Waals surface area (Å²) in [6.45, 7) is 0. The van der Waals surface area contributed by atoms with Gasteiger partial charge in [0, 0.05) is 21.9 Å². The van der Waals surface area contributed by atoms with Crippen LogP contribution in [0.25, 0.3) is 0 Å². The number of nitro benzene ring substituents is 4. The molecule has 0 heterocycles. The number of hydrogen-bond donors (Lipinski definition) is 0. The maximum Gasteiger partial charge on any atom is 0.290 e. The average molecular weight is 565 g/mol. The van der Waals surface area contributed by atoms with E-state index in [1.54, 1.807) is 0 Å². The monoisotopic (exact) mass is 564 g/mol. The smallest absolute Gasteiger partial charge is 0.258 e. The molecule has 0 unspecified atom stereocenters. The van der Waals surface area contributed by atoms with Crippen molar-refractivity contribution in [1.82, 2.24) is 0 Å². The number of hydrogen-bond acceptors (Lipinski definition) is 10. The van der Waals surface area contributed by atoms with Crippen LogP contribution in [-0.2, 0) is 6.42 Å². The van der Waals surface area contributed by atoms with Gasteiger partial charge in [0.2, 0.25) is 0 Å². The predicted molar refractivity (Wildman–Crippen MR) is 143 cm³/mol. The Labute approximate surface area is 228 Å². The van der Waals surface area contributed by atoms with Gasteiger partial charge in [-0.3, -0.25) is 40.5 Å². The molecule has 0 bridgehead atoms. The minimum Gasteiger partial charge on any atom is -0.258 e. The van der Waals surface area contributed by atoms with Crippen molar-refractivity contribution in [1.29, 1.82) is 0 Å². The molecular formula is C25H16N4O8S2. The minimum absolute atomic E-state index is 0.291. The molecule has 0 fully saturated rings. The molecule has 0 N–H and O–H groups in total. The van der Waals surface area contributed by atoms with E-state index in [1.807, 2.05) is 48.5 Å². The molecule has 0 aliphatic carbocycles. The van der Waals surface area contributed by atoms with E-state index in [0.717, 1.165) is 56.6 Å². The van der Waals surface area contributed by atoms with Crippen LogP contribution in [-0.4, -0.2) is 19.7 Å². The molecule has 0 radical (unpaired) electrons. The van der Waals surface area contributed by atoms with E-state index in [0.29, 0.717) is 16.2 Å². The SMILES string of the molecule is O=[N+]([O-])c1ccc(Sc2ccc(Cc3ccc(Sc4ccc([N+](=O)[O-])cc4[N+](=O)[O-])cc3)cc2)c([N+](=O)[O-])c1. The van der Waals surface area contributed by atoms with E-state index in [4.69, 9.17) is 0 Å². The van der Waals surface area contributed by atoms with Crippen molar-refractivity contribution in [3.8, 4) is 0 Å². The summed E-state index contributed by atoms with van der Waals surface area (Å²) >= 11 is 2.27. The third-order valence-electron chi connectivity index (χ3n) is 5.41. The Morgan fingerprint density at radius 2 is 0.846 bits per heavy atom. The molecule has 4 rings (SSSR count). The third-order valence-corrected chi connectivity index (χ3v) is 7.56. The summed E-state index contributed by atoms with van der Waals surface area (Å²) in [5.41, 5.74) is 0.576. The molecule has 0 saturated heterocycles. The standard InChI is InChI=1S/C25H16N4O8S2/c30-26(31)18-5-11-24(22(14-18)28(34)35)38-20-7-1-16(2-8-20)13-17-3-9-21(10-4-17)39-25-12-6-19(27(32)33)15-23(25)29(36)37/h1-12,14-15H,13H2. The molecule has 0 amide bonds. The van der Waals surface area contributed by atoms with Gasteiger partial charge in [-0.2, -0.15) is 0 Å². The van der Waals surface area contributed by atoms with E-state index in [1.165, 1.54) is 24.3 Å². The lowest BCUT2D eigenvalue weighted by atomic mass is 10.1. The van der Waals surface area contributed by atoms with E-state index in [9.17, 15) is 40.5 Å². The highest BCUT2D eigenvalue weighted by Crippen LogP contribution is 2.38. The molecule has 14 heteroatoms. The Hall–Kier alpha value is -4.82. The van der Waals surface area contributed by atoms with Gasteiger partial charge in [0.1, 0.15) is 0 Å². The fourth-order valence-electron chi connectivity index (χ4n) is 3.54. The van der Waals surface area contributed by atoms with Crippen LogP contribution in [0.4, 0.5) is 22.7 Å². The molecule has 196 valence electrons. The molecule has 0 atom stereocenters. The van der Waals surface area contributed by atoms with Crippen LogP contribution in [0.5, 0.6) is 0 Å². The maximum absolute atomic E-state index is 11.4. The van der Waals surface area contributed by atoms with Crippen molar-refractivity contribution < 1.29 is 19.7 Å². The summed E-state index contributed by atoms with van der Waals surface area (Å²) in [6.07, 6.45) is 0.589. The first-order valence-electron chi connectivity index (χ1n) is 11.0. The van der Waals surface area contributed by atoms with Gasteiger partial charge in [-0.25, -0.2) is 0 Å². The first-order valence-corrected chi connectivity index (χ1v) is 12.6. The van der Waals surface area contributed by atoms with Gasteiger partial charge in [0.15, 0.2) is 0 Å². The number of benzene rings is 4. The summed E-state index contributed by atoms with van der Waals surface area (Å²) in [7, 11) is 0. The van der Waals surface area contributed by atoms with Crippen molar-refractivity contribution in [2.75, 3.05) is 0 Å². The average Bonchev–Trinajstić information content (AvgIpc) is 2.90. The summed E-state index contributed by atoms with van der Waals surface area (Å²) in [4.78, 5) is 44.0. The van der Waals surface area contributed by atoms with Gasteiger partial charge in [-0.15, -0.1) is 0 Å². The van der Waals surface area contributed by atoms with E-state index in [-0.39, 0.29) is 22.7 Å². The molecule has 0 aliphatic rings. The zero-order valence-corrected chi connectivity index (χ0v) is 21.3. The van der Waals surface area contributed by atoms with Crippen LogP contribution in [0.2, 0.25) is 0 Å². The quantitative estimate of drug-likeness (QED) is 0.141. The Morgan fingerprint density at radius 1 is 0.487 bits per heavy atom. The normalized spacial score (nSPS) is 10.7. The molecule has 0 saturated carbocycles. The highest BCUT2D eigenvalue weighted by molar-refractivity contribution is 7.99. The largest absolute Gasteiger partial charge is 0.290 e. The number of nitrogens with zero attached hydrogens (tertiary/aromatic N) is 4. The number of rotatable bonds is 10. The second-order valence-corrected chi connectivity index (χ2v) is 10.2. The second kappa shape index (κ2) is 11.7. The summed E-state index contributed by atoms with van der Waals surface area (Å²) < 4.78 is 0. The van der Waals surface area contributed by atoms with Gasteiger partial charge in [0.05, 0.1) is 41.6 Å². The topological polar surface area (TPSA) is 173 Å². The van der Waals surface area contributed by atoms with Gasteiger partial charge in [-0.05, 0) is 53.9 Å². The molecule has 12 nitrogen and oxygen atoms in total. The molecule has 0 spiro atoms. The van der Waals surface area contributed by atoms with Crippen molar-refractivity contribution in [3.05, 3.63) is 137 Å². The highest BCUT2D eigenvalue weighted by Gasteiger charge is 2.21. The molecule has 4 aromatic carbocycles. The van der Waals surface area contributed by atoms with Crippen LogP contribution >= 0.6 is 23.5 Å². The van der Waals surface area contributed by atoms with Crippen molar-refractivity contribution in [3.63, 3.8) is 0 Å². The summed E-state index contributed by atoms with van der Waals surface area (Å²) in [5, 5.41) is 44.6. The van der Waals surface area contributed by atoms with Gasteiger partial charge < -0.3 is 0 Å². The van der Waals surface area contributed by atoms with E-state index >= 15 is 0 Å². The third kappa shape index (κ3) is 6.74. The van der Waals surface area contributed by atoms with Gasteiger partial charge >= 0.3 is 0 Å². The van der Waals surface area contributed by atoms with Gasteiger partial charge in [0.25, 0.3) is 22.7 Å². The van der Waals surface area contributed by atoms with Gasteiger partial charge in [-0.1, -0.05) is 47.8 Å². The maximum atomic E-state index is 11.4. The fraction of sp³-hybridized carbons (Fsp3) is 0.0400. The minimum atomic E-state index is -0.680. The van der Waals surface area contributed by atoms with Crippen molar-refractivity contribution in [2.45, 2.75) is 26.0 Å². The van der Waals surface area contributed by atoms with Crippen LogP contribution < -0.4 is 0 Å². The lowest BCUT2D eigenvalue weighted by Crippen LogP contribution is -1.94. The molecule has 4 aromatic rings. The zero-order valence-electron chi connectivity index (χ0n) is 19.7. The van der Waals surface area contributed by atoms with Crippen LogP contribution in [0, 0.1) is 40.5 Å². The number of non-ortho nitro benzene ring substituents is 2. The Morgan fingerprint density at radius 3 is 1.15 bits per heavy atom. The van der Waals surface area contributed by atoms with Crippen molar-refractivity contribution in [2.24, 2.45) is 0 Å². The molecule has 0 aliphatic heterocycles. The molecule has 0 aromatic heterocycles. The predicted octanol–water partition coefficient (Wildman–Crippen LogP) is 7.21. The highest BCUT2D eigenvalue weighted by atomic mass is 32.2. The molecule has 39 heavy (non-hydrogen) atoms. The second-order valence-electron chi connectivity index (χ2n) is 8.00. The van der Waals surface area contributed by atoms with Crippen LogP contribution in [0.3, 0.4) is 0 Å². The Bertz CT molecular complexity index is 1480. The zero-order chi connectivity index (χ0) is 28.1. The first-order chi connectivity index (χ1) is 18.6. The van der Waals surface area contributed by atoms with E-state index < -0.39 is 19.7 Å².